The lowest BCUT2D eigenvalue weighted by Gasteiger charge is -2.26. The molecule has 296 valence electrons. The van der Waals surface area contributed by atoms with Crippen molar-refractivity contribution in [3.05, 3.63) is 230 Å². The number of fused-ring (bicyclic) bond motifs is 5. The number of rotatable bonds is 7. The maximum absolute atomic E-state index is 13.4. The summed E-state index contributed by atoms with van der Waals surface area (Å²) in [6.07, 6.45) is -4.40. The lowest BCUT2D eigenvalue weighted by atomic mass is 9.86. The number of hydrogen-bond donors (Lipinski definition) is 0. The molecule has 1 aromatic heterocycles. The molecule has 10 aromatic carbocycles. The molecule has 5 heteroatoms. The van der Waals surface area contributed by atoms with Gasteiger partial charge in [-0.25, -0.2) is 0 Å². The number of alkyl halides is 3. The van der Waals surface area contributed by atoms with E-state index in [1.165, 1.54) is 50.4 Å². The maximum atomic E-state index is 13.4. The summed E-state index contributed by atoms with van der Waals surface area (Å²) in [5, 5.41) is 7.23. The summed E-state index contributed by atoms with van der Waals surface area (Å²) in [5.74, 6) is 0. The van der Waals surface area contributed by atoms with E-state index in [1.807, 2.05) is 47.4 Å². The SMILES string of the molecule is FC(F)(F)c1ccc(N(c2ccccc2)c2ccc(-c3ccc4c(c3)c3ccccc3n4-c3ccc(-c4c5ccccc5c(-c5ccccc5)c5ccccc45)cc3)cc2)cc1. The summed E-state index contributed by atoms with van der Waals surface area (Å²) < 4.78 is 42.7. The summed E-state index contributed by atoms with van der Waals surface area (Å²) >= 11 is 0. The molecule has 0 fully saturated rings. The molecule has 0 unspecified atom stereocenters. The third-order valence-corrected chi connectivity index (χ3v) is 12.0. The van der Waals surface area contributed by atoms with Crippen LogP contribution in [0.2, 0.25) is 0 Å². The van der Waals surface area contributed by atoms with E-state index in [9.17, 15) is 13.2 Å². The van der Waals surface area contributed by atoms with E-state index in [0.717, 1.165) is 67.7 Å². The number of benzene rings is 10. The highest BCUT2D eigenvalue weighted by atomic mass is 19.4. The van der Waals surface area contributed by atoms with E-state index in [-0.39, 0.29) is 0 Å². The van der Waals surface area contributed by atoms with Crippen molar-refractivity contribution in [2.75, 3.05) is 4.90 Å². The normalized spacial score (nSPS) is 11.8. The Morgan fingerprint density at radius 1 is 0.323 bits per heavy atom. The fourth-order valence-corrected chi connectivity index (χ4v) is 9.19. The average molecular weight is 807 g/mol. The second-order valence-corrected chi connectivity index (χ2v) is 15.6. The van der Waals surface area contributed by atoms with Crippen molar-refractivity contribution in [2.45, 2.75) is 6.18 Å². The summed E-state index contributed by atoms with van der Waals surface area (Å²) in [5.41, 5.74) is 11.9. The first kappa shape index (κ1) is 37.1. The topological polar surface area (TPSA) is 8.17 Å². The summed E-state index contributed by atoms with van der Waals surface area (Å²) in [7, 11) is 0. The highest BCUT2D eigenvalue weighted by Gasteiger charge is 2.30. The zero-order chi connectivity index (χ0) is 41.8. The molecule has 11 aromatic rings. The molecule has 0 amide bonds. The molecule has 11 rings (SSSR count). The van der Waals surface area contributed by atoms with Crippen LogP contribution >= 0.6 is 0 Å². The molecule has 2 nitrogen and oxygen atoms in total. The Morgan fingerprint density at radius 2 is 0.742 bits per heavy atom. The molecule has 0 bridgehead atoms. The second-order valence-electron chi connectivity index (χ2n) is 15.6. The fraction of sp³-hybridized carbons (Fsp3) is 0.0175. The number of halogens is 3. The third-order valence-electron chi connectivity index (χ3n) is 12.0. The zero-order valence-electron chi connectivity index (χ0n) is 33.4. The Balaban J connectivity index is 0.972. The Hall–Kier alpha value is -7.89. The molecule has 0 aliphatic heterocycles. The van der Waals surface area contributed by atoms with Crippen molar-refractivity contribution >= 4 is 60.4 Å². The van der Waals surface area contributed by atoms with Crippen molar-refractivity contribution in [1.82, 2.24) is 4.57 Å². The second kappa shape index (κ2) is 15.0. The predicted molar refractivity (Wildman–Crippen MR) is 252 cm³/mol. The largest absolute Gasteiger partial charge is 0.416 e. The van der Waals surface area contributed by atoms with Crippen molar-refractivity contribution in [3.63, 3.8) is 0 Å². The van der Waals surface area contributed by atoms with Crippen LogP contribution in [0.4, 0.5) is 30.2 Å². The molecule has 0 aliphatic carbocycles. The fourth-order valence-electron chi connectivity index (χ4n) is 9.19. The van der Waals surface area contributed by atoms with Gasteiger partial charge in [0.25, 0.3) is 0 Å². The van der Waals surface area contributed by atoms with Crippen LogP contribution in [0.3, 0.4) is 0 Å². The lowest BCUT2D eigenvalue weighted by Crippen LogP contribution is -2.11. The van der Waals surface area contributed by atoms with Gasteiger partial charge in [0.15, 0.2) is 0 Å². The molecular weight excluding hydrogens is 770 g/mol. The average Bonchev–Trinajstić information content (AvgIpc) is 3.65. The molecule has 0 spiro atoms. The van der Waals surface area contributed by atoms with Crippen molar-refractivity contribution in [2.24, 2.45) is 0 Å². The zero-order valence-corrected chi connectivity index (χ0v) is 33.4. The summed E-state index contributed by atoms with van der Waals surface area (Å²) in [6.45, 7) is 0. The molecule has 0 radical (unpaired) electrons. The number of aromatic nitrogens is 1. The van der Waals surface area contributed by atoms with Gasteiger partial charge in [0, 0.05) is 33.5 Å². The molecular formula is C57H37F3N2. The first-order valence-electron chi connectivity index (χ1n) is 20.7. The number of para-hydroxylation sites is 2. The van der Waals surface area contributed by atoms with E-state index in [1.54, 1.807) is 0 Å². The minimum Gasteiger partial charge on any atom is -0.311 e. The first-order valence-corrected chi connectivity index (χ1v) is 20.7. The van der Waals surface area contributed by atoms with E-state index in [4.69, 9.17) is 0 Å². The highest BCUT2D eigenvalue weighted by molar-refractivity contribution is 6.21. The van der Waals surface area contributed by atoms with Crippen LogP contribution in [0.25, 0.3) is 82.4 Å². The van der Waals surface area contributed by atoms with Gasteiger partial charge in [-0.1, -0.05) is 146 Å². The molecule has 62 heavy (non-hydrogen) atoms. The molecule has 0 saturated heterocycles. The van der Waals surface area contributed by atoms with Gasteiger partial charge in [-0.3, -0.25) is 0 Å². The molecule has 0 saturated carbocycles. The van der Waals surface area contributed by atoms with E-state index in [0.29, 0.717) is 5.69 Å². The lowest BCUT2D eigenvalue weighted by molar-refractivity contribution is -0.137. The van der Waals surface area contributed by atoms with Crippen LogP contribution in [0, 0.1) is 0 Å². The molecule has 0 N–H and O–H groups in total. The van der Waals surface area contributed by atoms with Gasteiger partial charge in [0.2, 0.25) is 0 Å². The van der Waals surface area contributed by atoms with Crippen LogP contribution in [0.1, 0.15) is 5.56 Å². The first-order chi connectivity index (χ1) is 30.4. The van der Waals surface area contributed by atoms with E-state index >= 15 is 0 Å². The van der Waals surface area contributed by atoms with Gasteiger partial charge in [-0.2, -0.15) is 13.2 Å². The van der Waals surface area contributed by atoms with Crippen molar-refractivity contribution < 1.29 is 13.2 Å². The standard InChI is InChI=1S/C57H37F3N2/c58-57(59,60)42-28-34-45(35-29-42)61(43-15-5-2-6-16-43)44-30-23-38(24-31-44)41-27-36-54-52(37-41)47-17-11-12-22-53(47)62(54)46-32-25-40(26-33-46)56-50-20-9-7-18-48(50)55(39-13-3-1-4-14-39)49-19-8-10-21-51(49)56/h1-37H. The molecule has 0 atom stereocenters. The Bertz CT molecular complexity index is 3350. The van der Waals surface area contributed by atoms with Crippen LogP contribution in [-0.2, 0) is 6.18 Å². The summed E-state index contributed by atoms with van der Waals surface area (Å²) in [4.78, 5) is 1.97. The highest BCUT2D eigenvalue weighted by Crippen LogP contribution is 2.44. The van der Waals surface area contributed by atoms with Gasteiger partial charge in [0.1, 0.15) is 0 Å². The van der Waals surface area contributed by atoms with Crippen LogP contribution in [0.15, 0.2) is 224 Å². The molecule has 1 heterocycles. The monoisotopic (exact) mass is 806 g/mol. The minimum absolute atomic E-state index is 0.641. The van der Waals surface area contributed by atoms with Crippen LogP contribution < -0.4 is 4.90 Å². The summed E-state index contributed by atoms with van der Waals surface area (Å²) in [6, 6.07) is 75.5. The predicted octanol–water partition coefficient (Wildman–Crippen LogP) is 16.6. The number of nitrogens with zero attached hydrogens (tertiary/aromatic N) is 2. The van der Waals surface area contributed by atoms with Crippen LogP contribution in [-0.4, -0.2) is 4.57 Å². The van der Waals surface area contributed by atoms with Gasteiger partial charge < -0.3 is 9.47 Å². The number of anilines is 3. The quantitative estimate of drug-likeness (QED) is 0.146. The van der Waals surface area contributed by atoms with Crippen molar-refractivity contribution in [1.29, 1.82) is 0 Å². The smallest absolute Gasteiger partial charge is 0.311 e. The van der Waals surface area contributed by atoms with Gasteiger partial charge in [-0.15, -0.1) is 0 Å². The number of hydrogen-bond acceptors (Lipinski definition) is 1. The Labute approximate surface area is 357 Å². The Kier molecular flexibility index (Phi) is 8.97. The molecule has 0 aliphatic rings. The third kappa shape index (κ3) is 6.38. The van der Waals surface area contributed by atoms with E-state index in [2.05, 4.69) is 162 Å². The minimum atomic E-state index is -4.40. The van der Waals surface area contributed by atoms with E-state index < -0.39 is 11.7 Å². The van der Waals surface area contributed by atoms with Gasteiger partial charge in [0.05, 0.1) is 16.6 Å². The van der Waals surface area contributed by atoms with Crippen molar-refractivity contribution in [3.8, 4) is 39.1 Å². The van der Waals surface area contributed by atoms with Gasteiger partial charge in [-0.05, 0) is 134 Å². The Morgan fingerprint density at radius 3 is 1.31 bits per heavy atom. The van der Waals surface area contributed by atoms with Gasteiger partial charge >= 0.3 is 6.18 Å². The maximum Gasteiger partial charge on any atom is 0.416 e. The van der Waals surface area contributed by atoms with Crippen LogP contribution in [0.5, 0.6) is 0 Å².